The number of sulfonamides is 1. The van der Waals surface area contributed by atoms with Crippen LogP contribution in [-0.4, -0.2) is 44.3 Å². The van der Waals surface area contributed by atoms with Crippen molar-refractivity contribution in [2.75, 3.05) is 19.6 Å². The quantitative estimate of drug-likeness (QED) is 0.712. The molecule has 1 heterocycles. The van der Waals surface area contributed by atoms with Gasteiger partial charge in [-0.05, 0) is 49.8 Å². The van der Waals surface area contributed by atoms with Gasteiger partial charge in [0, 0.05) is 31.6 Å². The zero-order valence-corrected chi connectivity index (χ0v) is 18.0. The molecule has 1 atom stereocenters. The standard InChI is InChI=1S/C19H31N3O3S.ClH/c1-14(2)16-4-6-18(7-5-16)26(24,25)22-12-9-17(10-13-22)19(23)21-11-8-15(3)20;/h4-7,14-15,17H,8-13,20H2,1-3H3,(H,21,23);1H. The lowest BCUT2D eigenvalue weighted by Gasteiger charge is -2.30. The van der Waals surface area contributed by atoms with Crippen LogP contribution in [0.15, 0.2) is 29.2 Å². The molecule has 8 heteroatoms. The summed E-state index contributed by atoms with van der Waals surface area (Å²) in [5.41, 5.74) is 6.80. The van der Waals surface area contributed by atoms with Gasteiger partial charge in [-0.25, -0.2) is 8.42 Å². The molecule has 1 aliphatic rings. The zero-order chi connectivity index (χ0) is 19.3. The highest BCUT2D eigenvalue weighted by Crippen LogP contribution is 2.25. The number of benzene rings is 1. The highest BCUT2D eigenvalue weighted by Gasteiger charge is 2.32. The van der Waals surface area contributed by atoms with Gasteiger partial charge in [0.25, 0.3) is 0 Å². The van der Waals surface area contributed by atoms with E-state index >= 15 is 0 Å². The van der Waals surface area contributed by atoms with Crippen LogP contribution in [0.4, 0.5) is 0 Å². The molecule has 0 aromatic heterocycles. The minimum absolute atomic E-state index is 0. The Morgan fingerprint density at radius 2 is 1.74 bits per heavy atom. The largest absolute Gasteiger partial charge is 0.356 e. The molecule has 3 N–H and O–H groups in total. The molecule has 0 spiro atoms. The van der Waals surface area contributed by atoms with Crippen molar-refractivity contribution in [1.29, 1.82) is 0 Å². The second-order valence-corrected chi connectivity index (χ2v) is 9.40. The van der Waals surface area contributed by atoms with Gasteiger partial charge in [-0.15, -0.1) is 12.4 Å². The van der Waals surface area contributed by atoms with E-state index in [4.69, 9.17) is 5.73 Å². The van der Waals surface area contributed by atoms with Crippen LogP contribution in [0.5, 0.6) is 0 Å². The van der Waals surface area contributed by atoms with Gasteiger partial charge < -0.3 is 11.1 Å². The summed E-state index contributed by atoms with van der Waals surface area (Å²) in [7, 11) is -3.50. The Labute approximate surface area is 169 Å². The molecule has 1 amide bonds. The summed E-state index contributed by atoms with van der Waals surface area (Å²) in [6, 6.07) is 7.16. The van der Waals surface area contributed by atoms with Crippen LogP contribution < -0.4 is 11.1 Å². The summed E-state index contributed by atoms with van der Waals surface area (Å²) in [5, 5.41) is 2.90. The lowest BCUT2D eigenvalue weighted by molar-refractivity contribution is -0.126. The molecule has 0 bridgehead atoms. The van der Waals surface area contributed by atoms with Crippen molar-refractivity contribution in [2.24, 2.45) is 11.7 Å². The maximum atomic E-state index is 12.8. The number of amides is 1. The van der Waals surface area contributed by atoms with Crippen LogP contribution in [0.25, 0.3) is 0 Å². The predicted octanol–water partition coefficient (Wildman–Crippen LogP) is 2.49. The molecule has 2 rings (SSSR count). The molecule has 1 saturated heterocycles. The highest BCUT2D eigenvalue weighted by atomic mass is 35.5. The number of nitrogens with two attached hydrogens (primary N) is 1. The minimum atomic E-state index is -3.50. The summed E-state index contributed by atoms with van der Waals surface area (Å²) >= 11 is 0. The fourth-order valence-electron chi connectivity index (χ4n) is 3.10. The van der Waals surface area contributed by atoms with E-state index in [2.05, 4.69) is 19.2 Å². The fourth-order valence-corrected chi connectivity index (χ4v) is 4.57. The van der Waals surface area contributed by atoms with Crippen LogP contribution in [0.1, 0.15) is 51.5 Å². The van der Waals surface area contributed by atoms with E-state index in [1.54, 1.807) is 12.1 Å². The molecule has 1 aliphatic heterocycles. The van der Waals surface area contributed by atoms with Crippen molar-refractivity contribution in [3.05, 3.63) is 29.8 Å². The number of nitrogens with one attached hydrogen (secondary N) is 1. The van der Waals surface area contributed by atoms with Crippen LogP contribution in [0, 0.1) is 5.92 Å². The van der Waals surface area contributed by atoms with Gasteiger partial charge in [0.05, 0.1) is 4.90 Å². The van der Waals surface area contributed by atoms with Gasteiger partial charge in [-0.1, -0.05) is 26.0 Å². The summed E-state index contributed by atoms with van der Waals surface area (Å²) in [6.07, 6.45) is 1.84. The normalized spacial score (nSPS) is 17.4. The molecular formula is C19H32ClN3O3S. The van der Waals surface area contributed by atoms with E-state index in [1.165, 1.54) is 4.31 Å². The van der Waals surface area contributed by atoms with Gasteiger partial charge in [0.15, 0.2) is 0 Å². The predicted molar refractivity (Wildman–Crippen MR) is 111 cm³/mol. The van der Waals surface area contributed by atoms with E-state index < -0.39 is 10.0 Å². The molecule has 154 valence electrons. The molecule has 1 aromatic carbocycles. The Hall–Kier alpha value is -1.15. The molecule has 1 unspecified atom stereocenters. The second kappa shape index (κ2) is 10.4. The number of nitrogens with zero attached hydrogens (tertiary/aromatic N) is 1. The summed E-state index contributed by atoms with van der Waals surface area (Å²) in [5.74, 6) is 0.241. The number of hydrogen-bond donors (Lipinski definition) is 2. The number of carbonyl (C=O) groups is 1. The number of carbonyl (C=O) groups excluding carboxylic acids is 1. The average Bonchev–Trinajstić information content (AvgIpc) is 2.61. The lowest BCUT2D eigenvalue weighted by Crippen LogP contribution is -2.43. The van der Waals surface area contributed by atoms with Crippen molar-refractivity contribution in [3.63, 3.8) is 0 Å². The molecule has 0 saturated carbocycles. The number of hydrogen-bond acceptors (Lipinski definition) is 4. The molecule has 6 nitrogen and oxygen atoms in total. The van der Waals surface area contributed by atoms with Crippen molar-refractivity contribution in [1.82, 2.24) is 9.62 Å². The van der Waals surface area contributed by atoms with Crippen LogP contribution in [-0.2, 0) is 14.8 Å². The first-order valence-electron chi connectivity index (χ1n) is 9.35. The van der Waals surface area contributed by atoms with Crippen LogP contribution >= 0.6 is 12.4 Å². The van der Waals surface area contributed by atoms with Crippen molar-refractivity contribution >= 4 is 28.3 Å². The van der Waals surface area contributed by atoms with Crippen LogP contribution in [0.3, 0.4) is 0 Å². The lowest BCUT2D eigenvalue weighted by atomic mass is 9.97. The minimum Gasteiger partial charge on any atom is -0.356 e. The van der Waals surface area contributed by atoms with E-state index in [0.717, 1.165) is 12.0 Å². The molecule has 0 radical (unpaired) electrons. The maximum Gasteiger partial charge on any atom is 0.243 e. The monoisotopic (exact) mass is 417 g/mol. The van der Waals surface area contributed by atoms with E-state index in [1.807, 2.05) is 19.1 Å². The van der Waals surface area contributed by atoms with Gasteiger partial charge in [-0.3, -0.25) is 4.79 Å². The van der Waals surface area contributed by atoms with Gasteiger partial charge in [0.1, 0.15) is 0 Å². The second-order valence-electron chi connectivity index (χ2n) is 7.46. The Morgan fingerprint density at radius 1 is 1.19 bits per heavy atom. The van der Waals surface area contributed by atoms with Crippen molar-refractivity contribution < 1.29 is 13.2 Å². The van der Waals surface area contributed by atoms with E-state index in [0.29, 0.717) is 43.3 Å². The van der Waals surface area contributed by atoms with Gasteiger partial charge in [0.2, 0.25) is 15.9 Å². The fraction of sp³-hybridized carbons (Fsp3) is 0.632. The first-order chi connectivity index (χ1) is 12.2. The molecule has 1 fully saturated rings. The maximum absolute atomic E-state index is 12.8. The highest BCUT2D eigenvalue weighted by molar-refractivity contribution is 7.89. The topological polar surface area (TPSA) is 92.5 Å². The summed E-state index contributed by atoms with van der Waals surface area (Å²) in [4.78, 5) is 12.5. The summed E-state index contributed by atoms with van der Waals surface area (Å²) < 4.78 is 27.1. The van der Waals surface area contributed by atoms with Gasteiger partial charge >= 0.3 is 0 Å². The number of halogens is 1. The molecular weight excluding hydrogens is 386 g/mol. The summed E-state index contributed by atoms with van der Waals surface area (Å²) in [6.45, 7) is 7.38. The SMILES string of the molecule is CC(N)CCNC(=O)C1CCN(S(=O)(=O)c2ccc(C(C)C)cc2)CC1.Cl. The van der Waals surface area contributed by atoms with E-state index in [-0.39, 0.29) is 30.3 Å². The van der Waals surface area contributed by atoms with Crippen LogP contribution in [0.2, 0.25) is 0 Å². The molecule has 27 heavy (non-hydrogen) atoms. The van der Waals surface area contributed by atoms with Crippen molar-refractivity contribution in [3.8, 4) is 0 Å². The third-order valence-corrected chi connectivity index (χ3v) is 6.82. The van der Waals surface area contributed by atoms with E-state index in [9.17, 15) is 13.2 Å². The Morgan fingerprint density at radius 3 is 2.22 bits per heavy atom. The Bertz CT molecular complexity index is 697. The third kappa shape index (κ3) is 6.45. The number of piperidine rings is 1. The van der Waals surface area contributed by atoms with Crippen molar-refractivity contribution in [2.45, 2.75) is 56.9 Å². The average molecular weight is 418 g/mol. The Balaban J connectivity index is 0.00000364. The number of rotatable bonds is 7. The third-order valence-electron chi connectivity index (χ3n) is 4.91. The molecule has 0 aliphatic carbocycles. The van der Waals surface area contributed by atoms with Gasteiger partial charge in [-0.2, -0.15) is 4.31 Å². The first kappa shape index (κ1) is 23.9. The smallest absolute Gasteiger partial charge is 0.243 e. The zero-order valence-electron chi connectivity index (χ0n) is 16.3. The first-order valence-corrected chi connectivity index (χ1v) is 10.8. The molecule has 1 aromatic rings. The Kier molecular flexibility index (Phi) is 9.21.